The second-order valence-electron chi connectivity index (χ2n) is 32.1. The van der Waals surface area contributed by atoms with Gasteiger partial charge in [0, 0.05) is 38.6 Å². The van der Waals surface area contributed by atoms with Crippen molar-refractivity contribution in [3.8, 4) is 5.75 Å². The number of hydrogen-bond acceptors (Lipinski definition) is 30. The predicted molar refractivity (Wildman–Crippen MR) is 462 cm³/mol. The molecule has 0 aliphatic carbocycles. The molecule has 1 heterocycles. The van der Waals surface area contributed by atoms with Crippen LogP contribution in [0.4, 0.5) is 0 Å². The fraction of sp³-hybridized carbons (Fsp3) is 0.549. The number of carboxylic acids is 7. The number of rotatable bonds is 62. The van der Waals surface area contributed by atoms with E-state index in [9.17, 15) is 166 Å². The number of benzene rings is 2. The maximum Gasteiger partial charge on any atom is 0.326 e. The van der Waals surface area contributed by atoms with Crippen LogP contribution in [0.5, 0.6) is 5.75 Å². The summed E-state index contributed by atoms with van der Waals surface area (Å²) in [5.74, 6) is -35.0. The number of nitrogens with one attached hydrogen (secondary N) is 16. The molecule has 0 bridgehead atoms. The standard InChI is InChI=1S/C82H117N19O36/c1-6-38(4)66(99-77(131)50(29-63(116)117)89-57(107)32-85-68(122)43(83)28-62(114)115)81(135)101-24-10-13-55(101)79(133)98-54(36-103)78(132)96-51(30-64(118)119)74(128)95-49(26-40-11-8-7-9-12-40)73(127)91-44(19-22-60(110)111)69(123)86-34-59(109)90-53(35-102)70(124)87-33-58(108)88-48(27-41-14-16-42(105)17-15-41)76(130)100-67(39(5)104)80(134)97-52(31-65(120)121)75(129)94-47(25-37(2)3)72(126)92-45(18-21-56(84)106)71(125)93-46(82(136)137)20-23-61(112)113/h7-9,11-12,14-17,37-39,43-55,66-67,102-105H,6,10,13,18-36,83H2,1-5H3,(H2,84,106)(H,85,122)(H,86,123)(H,87,124)(H,88,108)(H,89,107)(H,90,109)(H,91,127)(H,92,126)(H,93,125)(H,94,129)(H,95,128)(H,96,132)(H,97,134)(H,98,133)(H,99,131)(H,100,130)(H,110,111)(H,112,113)(H,114,115)(H,116,117)(H,118,119)(H,120,121)(H,136,137)/t38-,39+,43-,44-,45-,46-,47-,48-,49-,50-,51-,52-,53-,54-,55-,66-,67-/m0/s1. The van der Waals surface area contributed by atoms with Gasteiger partial charge < -0.3 is 158 Å². The SMILES string of the molecule is CC[C@H](C)[C@H](NC(=O)[C@H](CC(=O)O)NC(=O)CNC(=O)[C@@H](N)CC(=O)O)C(=O)N1CCC[C@H]1C(=O)N[C@@H](CO)C(=O)N[C@@H](CC(=O)O)C(=O)N[C@@H](Cc1ccccc1)C(=O)N[C@@H](CCC(=O)O)C(=O)NCC(=O)N[C@@H](CO)C(=O)NCC(=O)N[C@@H](Cc1ccc(O)cc1)C(=O)N[C@H](C(=O)N[C@@H](CC(=O)O)C(=O)N[C@@H](CC(C)C)C(=O)N[C@@H](CCC(N)=O)C(=O)N[C@@H](CCC(=O)O)C(=O)O)[C@@H](C)O. The van der Waals surface area contributed by atoms with Crippen molar-refractivity contribution >= 4 is 148 Å². The Hall–Kier alpha value is -15.2. The third kappa shape index (κ3) is 42.3. The Kier molecular flexibility index (Phi) is 49.2. The van der Waals surface area contributed by atoms with Gasteiger partial charge >= 0.3 is 41.8 Å². The summed E-state index contributed by atoms with van der Waals surface area (Å²) in [5.41, 5.74) is 11.2. The number of phenols is 1. The van der Waals surface area contributed by atoms with Gasteiger partial charge in [-0.05, 0) is 80.5 Å². The van der Waals surface area contributed by atoms with Crippen molar-refractivity contribution in [1.29, 1.82) is 0 Å². The summed E-state index contributed by atoms with van der Waals surface area (Å²) in [4.78, 5) is 329. The van der Waals surface area contributed by atoms with Gasteiger partial charge in [-0.25, -0.2) is 4.79 Å². The van der Waals surface area contributed by atoms with Crippen molar-refractivity contribution in [2.24, 2.45) is 23.3 Å². The highest BCUT2D eigenvalue weighted by Gasteiger charge is 2.44. The van der Waals surface area contributed by atoms with Gasteiger partial charge in [-0.15, -0.1) is 0 Å². The quantitative estimate of drug-likeness (QED) is 0.0292. The Morgan fingerprint density at radius 3 is 1.23 bits per heavy atom. The van der Waals surface area contributed by atoms with E-state index in [1.807, 2.05) is 10.6 Å². The lowest BCUT2D eigenvalue weighted by atomic mass is 9.96. The zero-order valence-electron chi connectivity index (χ0n) is 74.9. The molecule has 55 nitrogen and oxygen atoms in total. The zero-order valence-corrected chi connectivity index (χ0v) is 74.9. The van der Waals surface area contributed by atoms with E-state index in [2.05, 4.69) is 74.4 Å². The minimum absolute atomic E-state index is 0.112. The van der Waals surface area contributed by atoms with Crippen LogP contribution in [0.3, 0.4) is 0 Å². The number of nitrogens with zero attached hydrogens (tertiary/aromatic N) is 1. The Labute approximate surface area is 779 Å². The number of aromatic hydroxyl groups is 1. The second-order valence-corrected chi connectivity index (χ2v) is 32.1. The first-order valence-corrected chi connectivity index (χ1v) is 42.6. The minimum Gasteiger partial charge on any atom is -0.508 e. The van der Waals surface area contributed by atoms with Gasteiger partial charge in [0.05, 0.1) is 70.7 Å². The number of phenolic OH excluding ortho intramolecular Hbond substituents is 1. The average molecular weight is 1940 g/mol. The second kappa shape index (κ2) is 58.1. The summed E-state index contributed by atoms with van der Waals surface area (Å²) in [6.07, 6.45) is -11.6. The first-order chi connectivity index (χ1) is 64.3. The number of aliphatic carboxylic acids is 7. The van der Waals surface area contributed by atoms with E-state index >= 15 is 0 Å². The summed E-state index contributed by atoms with van der Waals surface area (Å²) in [6.45, 7) is 1.39. The molecule has 137 heavy (non-hydrogen) atoms. The van der Waals surface area contributed by atoms with Crippen LogP contribution in [0.15, 0.2) is 54.6 Å². The number of amides is 18. The molecule has 0 spiro atoms. The molecule has 31 N–H and O–H groups in total. The highest BCUT2D eigenvalue weighted by atomic mass is 16.4. The van der Waals surface area contributed by atoms with Crippen molar-refractivity contribution < 1.29 is 176 Å². The van der Waals surface area contributed by atoms with Gasteiger partial charge in [-0.2, -0.15) is 0 Å². The number of carboxylic acid groups (broad SMARTS) is 7. The topological polar surface area (TPSA) is 897 Å². The van der Waals surface area contributed by atoms with Crippen LogP contribution in [0, 0.1) is 11.8 Å². The molecule has 1 fully saturated rings. The number of nitrogens with two attached hydrogens (primary N) is 2. The molecule has 2 aromatic rings. The molecule has 17 atom stereocenters. The van der Waals surface area contributed by atoms with Crippen molar-refractivity contribution in [1.82, 2.24) is 90.0 Å². The van der Waals surface area contributed by atoms with Crippen LogP contribution in [-0.2, 0) is 133 Å². The van der Waals surface area contributed by atoms with Gasteiger partial charge in [0.1, 0.15) is 90.3 Å². The van der Waals surface area contributed by atoms with Crippen molar-refractivity contribution in [2.45, 2.75) is 234 Å². The summed E-state index contributed by atoms with van der Waals surface area (Å²) >= 11 is 0. The molecule has 1 aliphatic rings. The fourth-order valence-electron chi connectivity index (χ4n) is 13.1. The summed E-state index contributed by atoms with van der Waals surface area (Å²) < 4.78 is 0. The Balaban J connectivity index is 1.81. The smallest absolute Gasteiger partial charge is 0.326 e. The number of aliphatic hydroxyl groups is 3. The maximum absolute atomic E-state index is 14.4. The van der Waals surface area contributed by atoms with Crippen molar-refractivity contribution in [3.63, 3.8) is 0 Å². The van der Waals surface area contributed by atoms with Crippen LogP contribution in [0.1, 0.15) is 136 Å². The third-order valence-electron chi connectivity index (χ3n) is 20.5. The highest BCUT2D eigenvalue weighted by molar-refractivity contribution is 6.03. The number of carbonyl (C=O) groups is 25. The number of primary amides is 1. The molecule has 55 heteroatoms. The first-order valence-electron chi connectivity index (χ1n) is 42.6. The van der Waals surface area contributed by atoms with Crippen molar-refractivity contribution in [3.05, 3.63) is 65.7 Å². The Morgan fingerprint density at radius 2 is 0.759 bits per heavy atom. The molecule has 1 saturated heterocycles. The molecule has 18 amide bonds. The van der Waals surface area contributed by atoms with E-state index in [0.717, 1.165) is 11.8 Å². The molecule has 0 unspecified atom stereocenters. The van der Waals surface area contributed by atoms with Crippen LogP contribution < -0.4 is 96.5 Å². The average Bonchev–Trinajstić information content (AvgIpc) is 1.83. The molecule has 756 valence electrons. The van der Waals surface area contributed by atoms with E-state index in [0.29, 0.717) is 0 Å². The van der Waals surface area contributed by atoms with E-state index in [-0.39, 0.29) is 49.1 Å². The van der Waals surface area contributed by atoms with Gasteiger partial charge in [-0.3, -0.25) is 115 Å². The minimum atomic E-state index is -2.18. The molecular formula is C82H117N19O36. The van der Waals surface area contributed by atoms with Crippen LogP contribution in [0.25, 0.3) is 0 Å². The maximum atomic E-state index is 14.4. The normalized spacial score (nSPS) is 15.6. The number of aliphatic hydroxyl groups excluding tert-OH is 3. The summed E-state index contributed by atoms with van der Waals surface area (Å²) in [6, 6.07) is -15.6. The van der Waals surface area contributed by atoms with Gasteiger partial charge in [0.25, 0.3) is 0 Å². The van der Waals surface area contributed by atoms with Crippen molar-refractivity contribution in [2.75, 3.05) is 39.4 Å². The highest BCUT2D eigenvalue weighted by Crippen LogP contribution is 2.23. The molecule has 3 rings (SSSR count). The molecular weight excluding hydrogens is 1830 g/mol. The van der Waals surface area contributed by atoms with Gasteiger partial charge in [0.15, 0.2) is 0 Å². The van der Waals surface area contributed by atoms with Gasteiger partial charge in [0.2, 0.25) is 106 Å². The Morgan fingerprint density at radius 1 is 0.394 bits per heavy atom. The zero-order chi connectivity index (χ0) is 103. The molecule has 2 aromatic carbocycles. The lowest BCUT2D eigenvalue weighted by Crippen LogP contribution is -2.62. The van der Waals surface area contributed by atoms with Gasteiger partial charge in [-0.1, -0.05) is 76.6 Å². The fourth-order valence-corrected chi connectivity index (χ4v) is 13.1. The lowest BCUT2D eigenvalue weighted by Gasteiger charge is -2.32. The molecule has 0 radical (unpaired) electrons. The lowest BCUT2D eigenvalue weighted by molar-refractivity contribution is -0.145. The predicted octanol–water partition coefficient (Wildman–Crippen LogP) is -11.4. The Bertz CT molecular complexity index is 4680. The van der Waals surface area contributed by atoms with E-state index in [1.165, 1.54) is 55.5 Å². The number of carbonyl (C=O) groups excluding carboxylic acids is 18. The van der Waals surface area contributed by atoms with E-state index in [1.54, 1.807) is 26.8 Å². The molecule has 0 aromatic heterocycles. The van der Waals surface area contributed by atoms with Crippen LogP contribution >= 0.6 is 0 Å². The van der Waals surface area contributed by atoms with E-state index < -0.39 is 367 Å². The van der Waals surface area contributed by atoms with Crippen LogP contribution in [-0.4, -0.2) is 345 Å². The summed E-state index contributed by atoms with van der Waals surface area (Å²) in [7, 11) is 0. The van der Waals surface area contributed by atoms with E-state index in [4.69, 9.17) is 21.7 Å². The van der Waals surface area contributed by atoms with Crippen LogP contribution in [0.2, 0.25) is 0 Å². The summed E-state index contributed by atoms with van der Waals surface area (Å²) in [5, 5.41) is 143. The molecule has 1 aliphatic heterocycles. The first kappa shape index (κ1) is 116. The third-order valence-corrected chi connectivity index (χ3v) is 20.5. The number of likely N-dealkylation sites (tertiary alicyclic amines) is 1. The monoisotopic (exact) mass is 1940 g/mol. The largest absolute Gasteiger partial charge is 0.508 e. The molecule has 0 saturated carbocycles. The number of hydrogen-bond donors (Lipinski definition) is 29.